The number of hydrogen-bond acceptors (Lipinski definition) is 7. The van der Waals surface area contributed by atoms with Crippen LogP contribution in [0.5, 0.6) is 0 Å². The van der Waals surface area contributed by atoms with Gasteiger partial charge in [0.1, 0.15) is 11.4 Å². The molecule has 112 valence electrons. The summed E-state index contributed by atoms with van der Waals surface area (Å²) in [5, 5.41) is 11.5. The van der Waals surface area contributed by atoms with Gasteiger partial charge in [0, 0.05) is 20.2 Å². The Hall–Kier alpha value is -1.74. The predicted molar refractivity (Wildman–Crippen MR) is 76.8 cm³/mol. The van der Waals surface area contributed by atoms with E-state index in [1.165, 1.54) is 18.1 Å². The van der Waals surface area contributed by atoms with E-state index < -0.39 is 0 Å². The van der Waals surface area contributed by atoms with Crippen molar-refractivity contribution in [1.82, 2.24) is 30.3 Å². The second kappa shape index (κ2) is 6.35. The summed E-state index contributed by atoms with van der Waals surface area (Å²) in [6.45, 7) is 1.37. The molecule has 1 N–H and O–H groups in total. The SMILES string of the molecule is Cn1nnc2c(SCC(=O)NC[C@H]3CCCO3)ncnc21. The van der Waals surface area contributed by atoms with Crippen molar-refractivity contribution in [1.29, 1.82) is 0 Å². The Labute approximate surface area is 125 Å². The summed E-state index contributed by atoms with van der Waals surface area (Å²) in [4.78, 5) is 20.1. The normalized spacial score (nSPS) is 18.2. The monoisotopic (exact) mass is 308 g/mol. The molecule has 0 aliphatic carbocycles. The Kier molecular flexibility index (Phi) is 4.30. The number of aromatic nitrogens is 5. The van der Waals surface area contributed by atoms with E-state index in [4.69, 9.17) is 4.74 Å². The lowest BCUT2D eigenvalue weighted by Crippen LogP contribution is -2.32. The summed E-state index contributed by atoms with van der Waals surface area (Å²) in [7, 11) is 1.77. The van der Waals surface area contributed by atoms with Crippen molar-refractivity contribution in [2.75, 3.05) is 18.9 Å². The molecule has 1 saturated heterocycles. The van der Waals surface area contributed by atoms with E-state index in [0.717, 1.165) is 19.4 Å². The lowest BCUT2D eigenvalue weighted by molar-refractivity contribution is -0.119. The van der Waals surface area contributed by atoms with Gasteiger partial charge >= 0.3 is 0 Å². The second-order valence-electron chi connectivity index (χ2n) is 4.79. The Morgan fingerprint density at radius 1 is 1.57 bits per heavy atom. The van der Waals surface area contributed by atoms with Gasteiger partial charge in [0.2, 0.25) is 5.91 Å². The van der Waals surface area contributed by atoms with Crippen LogP contribution >= 0.6 is 11.8 Å². The van der Waals surface area contributed by atoms with Crippen LogP contribution in [0.15, 0.2) is 11.4 Å². The minimum atomic E-state index is -0.0360. The number of carbonyl (C=O) groups excluding carboxylic acids is 1. The van der Waals surface area contributed by atoms with Crippen LogP contribution in [-0.2, 0) is 16.6 Å². The zero-order chi connectivity index (χ0) is 14.7. The number of nitrogens with zero attached hydrogens (tertiary/aromatic N) is 5. The Bertz CT molecular complexity index is 640. The number of ether oxygens (including phenoxy) is 1. The van der Waals surface area contributed by atoms with Crippen LogP contribution in [0.1, 0.15) is 12.8 Å². The number of rotatable bonds is 5. The lowest BCUT2D eigenvalue weighted by atomic mass is 10.2. The molecule has 2 aromatic heterocycles. The summed E-state index contributed by atoms with van der Waals surface area (Å²) in [6, 6.07) is 0. The molecular formula is C12H16N6O2S. The molecule has 1 amide bonds. The maximum atomic E-state index is 11.8. The van der Waals surface area contributed by atoms with Gasteiger partial charge in [-0.15, -0.1) is 5.10 Å². The molecule has 1 aliphatic rings. The standard InChI is InChI=1S/C12H16N6O2S/c1-18-11-10(16-17-18)12(15-7-14-11)21-6-9(19)13-5-8-3-2-4-20-8/h7-8H,2-6H2,1H3,(H,13,19)/t8-/m1/s1. The first-order valence-corrected chi connectivity index (χ1v) is 7.74. The summed E-state index contributed by atoms with van der Waals surface area (Å²) in [5.41, 5.74) is 1.28. The summed E-state index contributed by atoms with van der Waals surface area (Å²) >= 11 is 1.33. The van der Waals surface area contributed by atoms with Crippen molar-refractivity contribution >= 4 is 28.8 Å². The number of nitrogens with one attached hydrogen (secondary N) is 1. The number of thioether (sulfide) groups is 1. The molecule has 8 nitrogen and oxygen atoms in total. The molecule has 1 atom stereocenters. The Morgan fingerprint density at radius 2 is 2.48 bits per heavy atom. The van der Waals surface area contributed by atoms with Crippen LogP contribution in [0.25, 0.3) is 11.2 Å². The number of carbonyl (C=O) groups is 1. The number of fused-ring (bicyclic) bond motifs is 1. The molecule has 21 heavy (non-hydrogen) atoms. The summed E-state index contributed by atoms with van der Waals surface area (Å²) in [6.07, 6.45) is 3.70. The topological polar surface area (TPSA) is 94.8 Å². The molecule has 1 aliphatic heterocycles. The van der Waals surface area contributed by atoms with Gasteiger partial charge < -0.3 is 10.1 Å². The fourth-order valence-electron chi connectivity index (χ4n) is 2.16. The molecule has 0 saturated carbocycles. The fraction of sp³-hybridized carbons (Fsp3) is 0.583. The molecule has 9 heteroatoms. The van der Waals surface area contributed by atoms with E-state index in [9.17, 15) is 4.79 Å². The van der Waals surface area contributed by atoms with Crippen molar-refractivity contribution in [2.45, 2.75) is 24.0 Å². The Morgan fingerprint density at radius 3 is 3.29 bits per heavy atom. The summed E-state index contributed by atoms with van der Waals surface area (Å²) < 4.78 is 7.05. The lowest BCUT2D eigenvalue weighted by Gasteiger charge is -2.10. The van der Waals surface area contributed by atoms with E-state index in [1.54, 1.807) is 11.7 Å². The molecule has 1 fully saturated rings. The third-order valence-electron chi connectivity index (χ3n) is 3.25. The van der Waals surface area contributed by atoms with Gasteiger partial charge in [-0.05, 0) is 12.8 Å². The van der Waals surface area contributed by atoms with E-state index >= 15 is 0 Å². The van der Waals surface area contributed by atoms with Crippen LogP contribution in [0.2, 0.25) is 0 Å². The van der Waals surface area contributed by atoms with Crippen LogP contribution in [0.4, 0.5) is 0 Å². The maximum absolute atomic E-state index is 11.8. The van der Waals surface area contributed by atoms with Crippen molar-refractivity contribution < 1.29 is 9.53 Å². The van der Waals surface area contributed by atoms with Crippen LogP contribution in [0.3, 0.4) is 0 Å². The average molecular weight is 308 g/mol. The zero-order valence-corrected chi connectivity index (χ0v) is 12.5. The molecule has 0 spiro atoms. The van der Waals surface area contributed by atoms with E-state index in [0.29, 0.717) is 22.7 Å². The molecule has 0 aromatic carbocycles. The second-order valence-corrected chi connectivity index (χ2v) is 5.76. The fourth-order valence-corrected chi connectivity index (χ4v) is 2.92. The number of hydrogen-bond donors (Lipinski definition) is 1. The molecule has 2 aromatic rings. The Balaban J connectivity index is 1.54. The molecule has 0 bridgehead atoms. The average Bonchev–Trinajstić information content (AvgIpc) is 3.13. The molecule has 0 radical (unpaired) electrons. The van der Waals surface area contributed by atoms with E-state index in [1.807, 2.05) is 0 Å². The van der Waals surface area contributed by atoms with Gasteiger partial charge in [0.15, 0.2) is 11.2 Å². The maximum Gasteiger partial charge on any atom is 0.230 e. The summed E-state index contributed by atoms with van der Waals surface area (Å²) in [5.74, 6) is 0.251. The quantitative estimate of drug-likeness (QED) is 0.620. The molecule has 3 rings (SSSR count). The molecule has 0 unspecified atom stereocenters. The van der Waals surface area contributed by atoms with E-state index in [2.05, 4.69) is 25.6 Å². The smallest absolute Gasteiger partial charge is 0.230 e. The van der Waals surface area contributed by atoms with Crippen molar-refractivity contribution in [2.24, 2.45) is 7.05 Å². The highest BCUT2D eigenvalue weighted by atomic mass is 32.2. The molecule has 3 heterocycles. The van der Waals surface area contributed by atoms with Crippen LogP contribution < -0.4 is 5.32 Å². The third kappa shape index (κ3) is 3.30. The number of amides is 1. The first kappa shape index (κ1) is 14.2. The molecular weight excluding hydrogens is 292 g/mol. The van der Waals surface area contributed by atoms with Gasteiger partial charge in [-0.3, -0.25) is 4.79 Å². The van der Waals surface area contributed by atoms with E-state index in [-0.39, 0.29) is 17.8 Å². The van der Waals surface area contributed by atoms with Crippen molar-refractivity contribution in [3.8, 4) is 0 Å². The first-order chi connectivity index (χ1) is 10.2. The van der Waals surface area contributed by atoms with Crippen molar-refractivity contribution in [3.63, 3.8) is 0 Å². The van der Waals surface area contributed by atoms with Gasteiger partial charge in [-0.25, -0.2) is 14.6 Å². The number of aryl methyl sites for hydroxylation is 1. The zero-order valence-electron chi connectivity index (χ0n) is 11.7. The third-order valence-corrected chi connectivity index (χ3v) is 4.22. The van der Waals surface area contributed by atoms with Crippen LogP contribution in [-0.4, -0.2) is 55.9 Å². The predicted octanol–water partition coefficient (Wildman–Crippen LogP) is 0.146. The first-order valence-electron chi connectivity index (χ1n) is 6.75. The van der Waals surface area contributed by atoms with Crippen LogP contribution in [0, 0.1) is 0 Å². The highest BCUT2D eigenvalue weighted by Crippen LogP contribution is 2.21. The van der Waals surface area contributed by atoms with Gasteiger partial charge in [-0.2, -0.15) is 0 Å². The van der Waals surface area contributed by atoms with Gasteiger partial charge in [0.05, 0.1) is 11.9 Å². The highest BCUT2D eigenvalue weighted by molar-refractivity contribution is 8.00. The minimum absolute atomic E-state index is 0.0360. The van der Waals surface area contributed by atoms with Gasteiger partial charge in [-0.1, -0.05) is 17.0 Å². The minimum Gasteiger partial charge on any atom is -0.376 e. The van der Waals surface area contributed by atoms with Crippen molar-refractivity contribution in [3.05, 3.63) is 6.33 Å². The highest BCUT2D eigenvalue weighted by Gasteiger charge is 2.17. The van der Waals surface area contributed by atoms with Gasteiger partial charge in [0.25, 0.3) is 0 Å². The largest absolute Gasteiger partial charge is 0.376 e.